The molecule has 0 bridgehead atoms. The fourth-order valence-electron chi connectivity index (χ4n) is 3.28. The zero-order valence-corrected chi connectivity index (χ0v) is 22.9. The number of rotatable bonds is 13. The van der Waals surface area contributed by atoms with Gasteiger partial charge in [-0.2, -0.15) is 0 Å². The van der Waals surface area contributed by atoms with Crippen molar-refractivity contribution in [3.05, 3.63) is 62.2 Å². The van der Waals surface area contributed by atoms with Gasteiger partial charge in [0.2, 0.25) is 0 Å². The second kappa shape index (κ2) is 14.2. The van der Waals surface area contributed by atoms with Gasteiger partial charge in [-0.15, -0.1) is 0 Å². The van der Waals surface area contributed by atoms with Crippen molar-refractivity contribution < 1.29 is 28.8 Å². The quantitative estimate of drug-likeness (QED) is 0.143. The largest absolute Gasteiger partial charge is 0.466 e. The number of hydrogen-bond acceptors (Lipinski definition) is 7. The molecule has 1 unspecified atom stereocenters. The molecule has 0 heterocycles. The van der Waals surface area contributed by atoms with Crippen LogP contribution in [0, 0.1) is 3.57 Å². The first-order valence-corrected chi connectivity index (χ1v) is 12.4. The first kappa shape index (κ1) is 28.8. The topological polar surface area (TPSA) is 86.3 Å². The van der Waals surface area contributed by atoms with Crippen LogP contribution in [0.15, 0.2) is 42.5 Å². The summed E-state index contributed by atoms with van der Waals surface area (Å²) in [5, 5.41) is 14.0. The first-order chi connectivity index (χ1) is 16.1. The van der Waals surface area contributed by atoms with E-state index in [0.29, 0.717) is 29.5 Å². The molecule has 2 aromatic rings. The predicted octanol–water partition coefficient (Wildman–Crippen LogP) is 5.04. The number of benzene rings is 2. The van der Waals surface area contributed by atoms with Crippen LogP contribution in [0.5, 0.6) is 5.75 Å². The van der Waals surface area contributed by atoms with Crippen LogP contribution in [0.3, 0.4) is 0 Å². The maximum absolute atomic E-state index is 12.8. The Morgan fingerprint density at radius 1 is 1.15 bits per heavy atom. The molecular formula is C25H33ClINO6. The van der Waals surface area contributed by atoms with E-state index in [0.717, 1.165) is 9.13 Å². The highest BCUT2D eigenvalue weighted by atomic mass is 127. The average Bonchev–Trinajstić information content (AvgIpc) is 2.76. The Labute approximate surface area is 220 Å². The van der Waals surface area contributed by atoms with E-state index in [1.165, 1.54) is 0 Å². The Balaban J connectivity index is 2.39. The summed E-state index contributed by atoms with van der Waals surface area (Å²) < 4.78 is 22.8. The molecule has 0 aromatic heterocycles. The molecule has 2 rings (SSSR count). The van der Waals surface area contributed by atoms with Crippen LogP contribution < -0.4 is 10.1 Å². The molecule has 9 heteroatoms. The minimum Gasteiger partial charge on any atom is -0.466 e. The van der Waals surface area contributed by atoms with Crippen LogP contribution in [0.2, 0.25) is 5.02 Å². The van der Waals surface area contributed by atoms with E-state index in [1.807, 2.05) is 51.1 Å². The van der Waals surface area contributed by atoms with Crippen LogP contribution in [-0.4, -0.2) is 50.4 Å². The summed E-state index contributed by atoms with van der Waals surface area (Å²) in [4.78, 5) is 12.8. The van der Waals surface area contributed by atoms with E-state index in [1.54, 1.807) is 19.2 Å². The summed E-state index contributed by atoms with van der Waals surface area (Å²) in [6.45, 7) is 6.15. The minimum absolute atomic E-state index is 0.00919. The maximum Gasteiger partial charge on any atom is 0.308 e. The molecular weight excluding hydrogens is 573 g/mol. The maximum atomic E-state index is 12.8. The summed E-state index contributed by atoms with van der Waals surface area (Å²) in [6.07, 6.45) is 0.0118. The molecule has 0 spiro atoms. The van der Waals surface area contributed by atoms with Crippen molar-refractivity contribution in [2.45, 2.75) is 44.9 Å². The van der Waals surface area contributed by atoms with E-state index in [4.69, 9.17) is 30.5 Å². The fourth-order valence-corrected chi connectivity index (χ4v) is 4.50. The summed E-state index contributed by atoms with van der Waals surface area (Å²) in [6, 6.07) is 12.1. The van der Waals surface area contributed by atoms with Gasteiger partial charge in [0, 0.05) is 23.7 Å². The number of halogens is 2. The lowest BCUT2D eigenvalue weighted by Gasteiger charge is -2.28. The molecule has 0 aliphatic carbocycles. The van der Waals surface area contributed by atoms with Crippen LogP contribution in [0.25, 0.3) is 0 Å². The smallest absolute Gasteiger partial charge is 0.308 e. The number of methoxy groups -OCH3 is 1. The highest BCUT2D eigenvalue weighted by Gasteiger charge is 2.28. The van der Waals surface area contributed by atoms with Gasteiger partial charge < -0.3 is 29.4 Å². The van der Waals surface area contributed by atoms with E-state index in [2.05, 4.69) is 27.9 Å². The molecule has 2 aromatic carbocycles. The number of carbonyl (C=O) groups excluding carboxylic acids is 1. The SMILES string of the molecule is COCCOCOc1c(I)cc(Cl)cc1[C@@H](CC(=O)OC(C)(C)C)NC(CO)c1ccccc1. The molecule has 2 atom stereocenters. The molecule has 0 amide bonds. The van der Waals surface area contributed by atoms with Crippen molar-refractivity contribution in [1.29, 1.82) is 0 Å². The second-order valence-corrected chi connectivity index (χ2v) is 10.2. The number of ether oxygens (including phenoxy) is 4. The van der Waals surface area contributed by atoms with Gasteiger partial charge in [0.15, 0.2) is 6.79 Å². The van der Waals surface area contributed by atoms with Gasteiger partial charge >= 0.3 is 5.97 Å². The lowest BCUT2D eigenvalue weighted by molar-refractivity contribution is -0.155. The third-order valence-electron chi connectivity index (χ3n) is 4.71. The summed E-state index contributed by atoms with van der Waals surface area (Å²) >= 11 is 8.54. The highest BCUT2D eigenvalue weighted by molar-refractivity contribution is 14.1. The molecule has 0 saturated heterocycles. The normalized spacial score (nSPS) is 13.4. The standard InChI is InChI=1S/C25H33ClINO6/c1-25(2,3)34-23(30)14-21(28-22(15-29)17-8-6-5-7-9-17)19-12-18(26)13-20(27)24(19)33-16-32-11-10-31-4/h5-9,12-13,21-22,28-29H,10-11,14-16H2,1-4H3/t21-,22?/m1/s1. The van der Waals surface area contributed by atoms with Crippen LogP contribution in [0.1, 0.15) is 50.4 Å². The van der Waals surface area contributed by atoms with Gasteiger partial charge in [0.1, 0.15) is 11.4 Å². The van der Waals surface area contributed by atoms with Crippen molar-refractivity contribution in [1.82, 2.24) is 5.32 Å². The zero-order chi connectivity index (χ0) is 25.1. The average molecular weight is 606 g/mol. The number of aliphatic hydroxyl groups excluding tert-OH is 1. The fraction of sp³-hybridized carbons (Fsp3) is 0.480. The molecule has 188 valence electrons. The molecule has 7 nitrogen and oxygen atoms in total. The second-order valence-electron chi connectivity index (χ2n) is 8.62. The van der Waals surface area contributed by atoms with E-state index >= 15 is 0 Å². The highest BCUT2D eigenvalue weighted by Crippen LogP contribution is 2.36. The number of nitrogens with one attached hydrogen (secondary N) is 1. The zero-order valence-electron chi connectivity index (χ0n) is 20.0. The first-order valence-electron chi connectivity index (χ1n) is 11.0. The van der Waals surface area contributed by atoms with Crippen molar-refractivity contribution in [2.24, 2.45) is 0 Å². The van der Waals surface area contributed by atoms with E-state index in [-0.39, 0.29) is 25.8 Å². The summed E-state index contributed by atoms with van der Waals surface area (Å²) in [7, 11) is 1.60. The monoisotopic (exact) mass is 605 g/mol. The third kappa shape index (κ3) is 9.67. The molecule has 0 aliphatic heterocycles. The number of aliphatic hydroxyl groups is 1. The Bertz CT molecular complexity index is 906. The van der Waals surface area contributed by atoms with Gasteiger partial charge in [-0.25, -0.2) is 0 Å². The Hall–Kier alpha value is -1.43. The molecule has 34 heavy (non-hydrogen) atoms. The van der Waals surface area contributed by atoms with Gasteiger partial charge in [0.05, 0.1) is 35.9 Å². The van der Waals surface area contributed by atoms with Crippen LogP contribution in [0.4, 0.5) is 0 Å². The lowest BCUT2D eigenvalue weighted by Crippen LogP contribution is -2.33. The van der Waals surface area contributed by atoms with Gasteiger partial charge in [-0.1, -0.05) is 41.9 Å². The van der Waals surface area contributed by atoms with Crippen LogP contribution >= 0.6 is 34.2 Å². The van der Waals surface area contributed by atoms with Crippen molar-refractivity contribution in [2.75, 3.05) is 33.7 Å². The van der Waals surface area contributed by atoms with Gasteiger partial charge in [0.25, 0.3) is 0 Å². The Kier molecular flexibility index (Phi) is 12.0. The Morgan fingerprint density at radius 3 is 2.47 bits per heavy atom. The van der Waals surface area contributed by atoms with Gasteiger partial charge in [-0.05, 0) is 61.1 Å². The summed E-state index contributed by atoms with van der Waals surface area (Å²) in [5.41, 5.74) is 0.933. The molecule has 2 N–H and O–H groups in total. The van der Waals surface area contributed by atoms with E-state index < -0.39 is 17.7 Å². The molecule has 0 aliphatic rings. The number of esters is 1. The van der Waals surface area contributed by atoms with Crippen molar-refractivity contribution >= 4 is 40.2 Å². The number of hydrogen-bond donors (Lipinski definition) is 2. The van der Waals surface area contributed by atoms with Crippen LogP contribution in [-0.2, 0) is 19.0 Å². The lowest BCUT2D eigenvalue weighted by atomic mass is 9.99. The molecule has 0 fully saturated rings. The van der Waals surface area contributed by atoms with Crippen molar-refractivity contribution in [3.8, 4) is 5.75 Å². The summed E-state index contributed by atoms with van der Waals surface area (Å²) in [5.74, 6) is 0.167. The molecule has 0 radical (unpaired) electrons. The minimum atomic E-state index is -0.630. The predicted molar refractivity (Wildman–Crippen MR) is 140 cm³/mol. The van der Waals surface area contributed by atoms with E-state index in [9.17, 15) is 9.90 Å². The Morgan fingerprint density at radius 2 is 1.85 bits per heavy atom. The molecule has 0 saturated carbocycles. The van der Waals surface area contributed by atoms with Gasteiger partial charge in [-0.3, -0.25) is 4.79 Å². The third-order valence-corrected chi connectivity index (χ3v) is 5.73. The number of carbonyl (C=O) groups is 1. The van der Waals surface area contributed by atoms with Crippen molar-refractivity contribution in [3.63, 3.8) is 0 Å².